The summed E-state index contributed by atoms with van der Waals surface area (Å²) in [5, 5.41) is 0.552. The summed E-state index contributed by atoms with van der Waals surface area (Å²) < 4.78 is 24.3. The van der Waals surface area contributed by atoms with Crippen molar-refractivity contribution < 1.29 is 28.0 Å². The minimum absolute atomic E-state index is 0.0451. The Bertz CT molecular complexity index is 494. The topological polar surface area (TPSA) is 82.1 Å². The minimum Gasteiger partial charge on any atom is -0.466 e. The first-order chi connectivity index (χ1) is 9.21. The largest absolute Gasteiger partial charge is 0.527 e. The number of carbonyl (C=O) groups is 1. The van der Waals surface area contributed by atoms with Gasteiger partial charge in [0.25, 0.3) is 0 Å². The zero-order valence-electron chi connectivity index (χ0n) is 11.1. The molecule has 1 atom stereocenters. The lowest BCUT2D eigenvalue weighted by atomic mass is 10.3. The number of phosphoric ester groups is 1. The number of rotatable bonds is 4. The molecule has 0 heterocycles. The highest BCUT2D eigenvalue weighted by Gasteiger charge is 2.21. The van der Waals surface area contributed by atoms with Gasteiger partial charge in [0.05, 0.1) is 11.6 Å². The molecular weight excluding hydrogens is 330 g/mol. The Morgan fingerprint density at radius 3 is 2.35 bits per heavy atom. The number of carbonyl (C=O) groups excluding carboxylic acids is 1. The molecule has 6 nitrogen and oxygen atoms in total. The number of halogens is 2. The van der Waals surface area contributed by atoms with Crippen LogP contribution in [0.15, 0.2) is 18.2 Å². The highest BCUT2D eigenvalue weighted by molar-refractivity contribution is 7.47. The molecule has 20 heavy (non-hydrogen) atoms. The van der Waals surface area contributed by atoms with Crippen molar-refractivity contribution in [2.24, 2.45) is 0 Å². The van der Waals surface area contributed by atoms with E-state index in [1.54, 1.807) is 6.92 Å². The van der Waals surface area contributed by atoms with Crippen molar-refractivity contribution in [3.8, 4) is 5.75 Å². The van der Waals surface area contributed by atoms with E-state index in [1.807, 2.05) is 0 Å². The summed E-state index contributed by atoms with van der Waals surface area (Å²) in [4.78, 5) is 18.8. The van der Waals surface area contributed by atoms with Gasteiger partial charge in [-0.1, -0.05) is 23.2 Å². The van der Waals surface area contributed by atoms with Gasteiger partial charge in [-0.3, -0.25) is 14.2 Å². The second-order valence-electron chi connectivity index (χ2n) is 3.24. The maximum Gasteiger partial charge on any atom is 0.527 e. The molecule has 1 N–H and O–H groups in total. The molecule has 0 saturated heterocycles. The standard InChI is InChI=1S/C7H7Cl2O4P.C4H8O2/c1-12-14(10,11)13-7-3-2-5(8)4-6(7)9;1-3-6-4(2)5/h2-4H,1H3,(H,10,11);3H2,1-2H3. The van der Waals surface area contributed by atoms with Crippen LogP contribution in [0.5, 0.6) is 5.75 Å². The highest BCUT2D eigenvalue weighted by atomic mass is 35.5. The van der Waals surface area contributed by atoms with E-state index in [9.17, 15) is 9.36 Å². The third-order valence-corrected chi connectivity index (χ3v) is 3.11. The van der Waals surface area contributed by atoms with Crippen LogP contribution in [0.3, 0.4) is 0 Å². The number of esters is 1. The fourth-order valence-corrected chi connectivity index (χ4v) is 1.90. The predicted octanol–water partition coefficient (Wildman–Crippen LogP) is 3.69. The molecule has 0 aliphatic rings. The molecule has 0 spiro atoms. The van der Waals surface area contributed by atoms with E-state index in [0.717, 1.165) is 7.11 Å². The second kappa shape index (κ2) is 9.21. The van der Waals surface area contributed by atoms with E-state index in [-0.39, 0.29) is 16.7 Å². The summed E-state index contributed by atoms with van der Waals surface area (Å²) in [6, 6.07) is 4.26. The van der Waals surface area contributed by atoms with Crippen LogP contribution in [-0.4, -0.2) is 24.6 Å². The molecule has 0 fully saturated rings. The molecule has 0 aromatic heterocycles. The highest BCUT2D eigenvalue weighted by Crippen LogP contribution is 2.45. The van der Waals surface area contributed by atoms with Crippen LogP contribution in [-0.2, 0) is 18.6 Å². The molecule has 1 aromatic rings. The SMILES string of the molecule is CCOC(C)=O.COP(=O)(O)Oc1ccc(Cl)cc1Cl. The summed E-state index contributed by atoms with van der Waals surface area (Å²) in [6.45, 7) is 3.65. The lowest BCUT2D eigenvalue weighted by molar-refractivity contribution is -0.140. The lowest BCUT2D eigenvalue weighted by Gasteiger charge is -2.11. The van der Waals surface area contributed by atoms with Crippen LogP contribution in [0.2, 0.25) is 10.0 Å². The van der Waals surface area contributed by atoms with Crippen LogP contribution >= 0.6 is 31.0 Å². The van der Waals surface area contributed by atoms with Gasteiger partial charge in [-0.25, -0.2) is 4.57 Å². The molecule has 0 saturated carbocycles. The normalized spacial score (nSPS) is 12.7. The lowest BCUT2D eigenvalue weighted by Crippen LogP contribution is -1.95. The van der Waals surface area contributed by atoms with Crippen LogP contribution in [0, 0.1) is 0 Å². The Morgan fingerprint density at radius 2 is 2.00 bits per heavy atom. The predicted molar refractivity (Wildman–Crippen MR) is 76.2 cm³/mol. The average Bonchev–Trinajstić information content (AvgIpc) is 2.33. The second-order valence-corrected chi connectivity index (χ2v) is 5.57. The third kappa shape index (κ3) is 8.40. The first-order valence-electron chi connectivity index (χ1n) is 5.38. The van der Waals surface area contributed by atoms with Gasteiger partial charge < -0.3 is 9.26 Å². The molecule has 114 valence electrons. The van der Waals surface area contributed by atoms with Crippen LogP contribution in [0.1, 0.15) is 13.8 Å². The van der Waals surface area contributed by atoms with Crippen molar-refractivity contribution >= 4 is 37.0 Å². The van der Waals surface area contributed by atoms with Crippen molar-refractivity contribution in [3.63, 3.8) is 0 Å². The number of ether oxygens (including phenoxy) is 1. The van der Waals surface area contributed by atoms with Crippen molar-refractivity contribution in [1.82, 2.24) is 0 Å². The molecule has 0 amide bonds. The Balaban J connectivity index is 0.000000511. The first-order valence-corrected chi connectivity index (χ1v) is 7.63. The Kier molecular flexibility index (Phi) is 8.85. The number of hydrogen-bond donors (Lipinski definition) is 1. The first kappa shape index (κ1) is 19.2. The summed E-state index contributed by atoms with van der Waals surface area (Å²) in [5.41, 5.74) is 0. The smallest absolute Gasteiger partial charge is 0.466 e. The molecule has 1 unspecified atom stereocenters. The van der Waals surface area contributed by atoms with Gasteiger partial charge in [-0.2, -0.15) is 0 Å². The molecule has 0 aliphatic carbocycles. The molecule has 0 bridgehead atoms. The van der Waals surface area contributed by atoms with Gasteiger partial charge in [-0.05, 0) is 25.1 Å². The molecular formula is C11H15Cl2O6P. The molecule has 0 aliphatic heterocycles. The van der Waals surface area contributed by atoms with Gasteiger partial charge in [-0.15, -0.1) is 0 Å². The zero-order chi connectivity index (χ0) is 15.8. The maximum atomic E-state index is 11.0. The van der Waals surface area contributed by atoms with Crippen molar-refractivity contribution in [2.45, 2.75) is 13.8 Å². The maximum absolute atomic E-state index is 11.0. The molecule has 9 heteroatoms. The zero-order valence-corrected chi connectivity index (χ0v) is 13.5. The van der Waals surface area contributed by atoms with E-state index >= 15 is 0 Å². The van der Waals surface area contributed by atoms with Gasteiger partial charge in [0.1, 0.15) is 5.75 Å². The van der Waals surface area contributed by atoms with Crippen LogP contribution in [0.4, 0.5) is 0 Å². The van der Waals surface area contributed by atoms with E-state index in [1.165, 1.54) is 25.1 Å². The fraction of sp³-hybridized carbons (Fsp3) is 0.364. The van der Waals surface area contributed by atoms with Gasteiger partial charge in [0.15, 0.2) is 0 Å². The summed E-state index contributed by atoms with van der Waals surface area (Å²) in [7, 11) is -3.00. The van der Waals surface area contributed by atoms with Crippen molar-refractivity contribution in [2.75, 3.05) is 13.7 Å². The number of benzene rings is 1. The Hall–Kier alpha value is -0.780. The van der Waals surface area contributed by atoms with E-state index in [2.05, 4.69) is 13.8 Å². The minimum atomic E-state index is -4.06. The van der Waals surface area contributed by atoms with Crippen molar-refractivity contribution in [1.29, 1.82) is 0 Å². The third-order valence-electron chi connectivity index (χ3n) is 1.69. The monoisotopic (exact) mass is 344 g/mol. The quantitative estimate of drug-likeness (QED) is 0.662. The summed E-state index contributed by atoms with van der Waals surface area (Å²) >= 11 is 11.3. The van der Waals surface area contributed by atoms with Crippen molar-refractivity contribution in [3.05, 3.63) is 28.2 Å². The van der Waals surface area contributed by atoms with Crippen LogP contribution < -0.4 is 4.52 Å². The Morgan fingerprint density at radius 1 is 1.40 bits per heavy atom. The van der Waals surface area contributed by atoms with E-state index in [0.29, 0.717) is 11.6 Å². The van der Waals surface area contributed by atoms with Crippen LogP contribution in [0.25, 0.3) is 0 Å². The summed E-state index contributed by atoms with van der Waals surface area (Å²) in [5.74, 6) is -0.166. The fourth-order valence-electron chi connectivity index (χ4n) is 0.914. The van der Waals surface area contributed by atoms with Gasteiger partial charge >= 0.3 is 13.8 Å². The van der Waals surface area contributed by atoms with Gasteiger partial charge in [0.2, 0.25) is 0 Å². The van der Waals surface area contributed by atoms with E-state index in [4.69, 9.17) is 28.1 Å². The Labute approximate surface area is 127 Å². The van der Waals surface area contributed by atoms with Gasteiger partial charge in [0, 0.05) is 19.1 Å². The van der Waals surface area contributed by atoms with E-state index < -0.39 is 7.82 Å². The summed E-state index contributed by atoms with van der Waals surface area (Å²) in [6.07, 6.45) is 0. The molecule has 1 rings (SSSR count). The molecule has 0 radical (unpaired) electrons. The number of phosphoric acid groups is 1. The average molecular weight is 345 g/mol. The molecule has 1 aromatic carbocycles. The number of hydrogen-bond acceptors (Lipinski definition) is 5.